The average Bonchev–Trinajstić information content (AvgIpc) is 2.37. The summed E-state index contributed by atoms with van der Waals surface area (Å²) < 4.78 is 25.0. The zero-order valence-electron chi connectivity index (χ0n) is 11.5. The predicted molar refractivity (Wildman–Crippen MR) is 77.3 cm³/mol. The van der Waals surface area contributed by atoms with Crippen molar-refractivity contribution in [3.8, 4) is 0 Å². The molecule has 0 saturated carbocycles. The molecule has 0 bridgehead atoms. The zero-order valence-corrected chi connectivity index (χ0v) is 12.3. The molecule has 0 unspecified atom stereocenters. The van der Waals surface area contributed by atoms with E-state index in [9.17, 15) is 13.2 Å². The van der Waals surface area contributed by atoms with Gasteiger partial charge in [-0.05, 0) is 18.1 Å². The summed E-state index contributed by atoms with van der Waals surface area (Å²) in [5.41, 5.74) is 0.113. The molecule has 0 atom stereocenters. The van der Waals surface area contributed by atoms with Crippen LogP contribution in [0.2, 0.25) is 0 Å². The van der Waals surface area contributed by atoms with Gasteiger partial charge in [-0.2, -0.15) is 0 Å². The van der Waals surface area contributed by atoms with Gasteiger partial charge < -0.3 is 0 Å². The van der Waals surface area contributed by atoms with E-state index in [1.807, 2.05) is 13.8 Å². The lowest BCUT2D eigenvalue weighted by Crippen LogP contribution is -2.26. The second-order valence-corrected chi connectivity index (χ2v) is 7.35. The van der Waals surface area contributed by atoms with E-state index in [1.165, 1.54) is 10.9 Å². The van der Waals surface area contributed by atoms with Gasteiger partial charge in [-0.1, -0.05) is 13.8 Å². The average molecular weight is 295 g/mol. The van der Waals surface area contributed by atoms with Crippen LogP contribution in [0.4, 0.5) is 0 Å². The number of fused-ring (bicyclic) bond motifs is 1. The van der Waals surface area contributed by atoms with Crippen molar-refractivity contribution in [3.63, 3.8) is 0 Å². The fourth-order valence-electron chi connectivity index (χ4n) is 1.99. The van der Waals surface area contributed by atoms with Gasteiger partial charge in [0.15, 0.2) is 15.5 Å². The highest BCUT2D eigenvalue weighted by molar-refractivity contribution is 7.91. The zero-order chi connectivity index (χ0) is 14.8. The number of aromatic nitrogens is 3. The topological polar surface area (TPSA) is 81.9 Å². The van der Waals surface area contributed by atoms with Gasteiger partial charge in [0.25, 0.3) is 5.56 Å². The van der Waals surface area contributed by atoms with Gasteiger partial charge in [0, 0.05) is 12.7 Å². The van der Waals surface area contributed by atoms with Crippen LogP contribution < -0.4 is 5.56 Å². The molecule has 2 aromatic rings. The van der Waals surface area contributed by atoms with Gasteiger partial charge in [-0.3, -0.25) is 9.36 Å². The van der Waals surface area contributed by atoms with Gasteiger partial charge >= 0.3 is 0 Å². The monoisotopic (exact) mass is 295 g/mol. The number of hydrogen-bond acceptors (Lipinski definition) is 5. The Labute approximate surface area is 117 Å². The van der Waals surface area contributed by atoms with E-state index in [4.69, 9.17) is 0 Å². The number of sulfone groups is 1. The van der Waals surface area contributed by atoms with Gasteiger partial charge in [-0.15, -0.1) is 0 Å². The Hall–Kier alpha value is -1.76. The van der Waals surface area contributed by atoms with E-state index >= 15 is 0 Å². The molecule has 2 aromatic heterocycles. The van der Waals surface area contributed by atoms with Crippen molar-refractivity contribution in [1.29, 1.82) is 0 Å². The number of nitrogens with zero attached hydrogens (tertiary/aromatic N) is 3. The fraction of sp³-hybridized carbons (Fsp3) is 0.462. The first-order valence-electron chi connectivity index (χ1n) is 6.39. The Morgan fingerprint density at radius 2 is 2.05 bits per heavy atom. The van der Waals surface area contributed by atoms with Crippen LogP contribution in [0.3, 0.4) is 0 Å². The second kappa shape index (κ2) is 5.70. The minimum atomic E-state index is -3.15. The number of aryl methyl sites for hydroxylation is 1. The SMILES string of the molecule is CC(C)CS(=O)(=O)CCn1cnc2ncccc2c1=O. The predicted octanol–water partition coefficient (Wildman–Crippen LogP) is 0.862. The van der Waals surface area contributed by atoms with Crippen LogP contribution in [0.5, 0.6) is 0 Å². The molecule has 0 spiro atoms. The summed E-state index contributed by atoms with van der Waals surface area (Å²) in [5.74, 6) is 0.152. The maximum atomic E-state index is 12.2. The highest BCUT2D eigenvalue weighted by atomic mass is 32.2. The summed E-state index contributed by atoms with van der Waals surface area (Å²) in [6.45, 7) is 3.83. The van der Waals surface area contributed by atoms with Crippen molar-refractivity contribution >= 4 is 20.9 Å². The van der Waals surface area contributed by atoms with Gasteiger partial charge in [0.1, 0.15) is 6.33 Å². The van der Waals surface area contributed by atoms with Crippen molar-refractivity contribution < 1.29 is 8.42 Å². The molecule has 0 aliphatic heterocycles. The summed E-state index contributed by atoms with van der Waals surface area (Å²) in [6, 6.07) is 3.29. The third-order valence-electron chi connectivity index (χ3n) is 2.83. The summed E-state index contributed by atoms with van der Waals surface area (Å²) >= 11 is 0. The lowest BCUT2D eigenvalue weighted by molar-refractivity contribution is 0.574. The molecule has 0 saturated heterocycles. The minimum Gasteiger partial charge on any atom is -0.298 e. The van der Waals surface area contributed by atoms with E-state index in [1.54, 1.807) is 18.3 Å². The molecule has 0 amide bonds. The Kier molecular flexibility index (Phi) is 4.17. The second-order valence-electron chi connectivity index (χ2n) is 5.13. The van der Waals surface area contributed by atoms with E-state index < -0.39 is 9.84 Å². The van der Waals surface area contributed by atoms with Crippen molar-refractivity contribution in [2.24, 2.45) is 5.92 Å². The lowest BCUT2D eigenvalue weighted by atomic mass is 10.3. The van der Waals surface area contributed by atoms with Crippen LogP contribution in [0.25, 0.3) is 11.0 Å². The molecule has 108 valence electrons. The maximum Gasteiger partial charge on any atom is 0.262 e. The van der Waals surface area contributed by atoms with Crippen molar-refractivity contribution in [2.75, 3.05) is 11.5 Å². The molecule has 7 heteroatoms. The normalized spacial score (nSPS) is 12.2. The number of rotatable bonds is 5. The summed E-state index contributed by atoms with van der Waals surface area (Å²) in [4.78, 5) is 20.2. The van der Waals surface area contributed by atoms with Gasteiger partial charge in [0.2, 0.25) is 0 Å². The molecule has 0 aliphatic carbocycles. The highest BCUT2D eigenvalue weighted by Crippen LogP contribution is 2.03. The molecule has 2 rings (SSSR count). The molecular weight excluding hydrogens is 278 g/mol. The largest absolute Gasteiger partial charge is 0.298 e. The van der Waals surface area contributed by atoms with Crippen LogP contribution >= 0.6 is 0 Å². The summed E-state index contributed by atoms with van der Waals surface area (Å²) in [7, 11) is -3.15. The van der Waals surface area contributed by atoms with Crippen molar-refractivity contribution in [1.82, 2.24) is 14.5 Å². The van der Waals surface area contributed by atoms with Crippen LogP contribution in [-0.2, 0) is 16.4 Å². The Morgan fingerprint density at radius 3 is 2.75 bits per heavy atom. The molecule has 0 radical (unpaired) electrons. The fourth-order valence-corrected chi connectivity index (χ4v) is 3.64. The van der Waals surface area contributed by atoms with Crippen LogP contribution in [0.1, 0.15) is 13.8 Å². The van der Waals surface area contributed by atoms with Crippen LogP contribution in [0, 0.1) is 5.92 Å². The minimum absolute atomic E-state index is 0.0570. The lowest BCUT2D eigenvalue weighted by Gasteiger charge is -2.08. The maximum absolute atomic E-state index is 12.2. The number of hydrogen-bond donors (Lipinski definition) is 0. The molecule has 0 N–H and O–H groups in total. The molecule has 0 fully saturated rings. The molecule has 20 heavy (non-hydrogen) atoms. The summed E-state index contributed by atoms with van der Waals surface area (Å²) in [6.07, 6.45) is 2.91. The summed E-state index contributed by atoms with van der Waals surface area (Å²) in [5, 5.41) is 0.399. The third kappa shape index (κ3) is 3.41. The highest BCUT2D eigenvalue weighted by Gasteiger charge is 2.14. The Balaban J connectivity index is 2.23. The van der Waals surface area contributed by atoms with Crippen LogP contribution in [-0.4, -0.2) is 34.5 Å². The third-order valence-corrected chi connectivity index (χ3v) is 4.81. The van der Waals surface area contributed by atoms with Crippen molar-refractivity contribution in [3.05, 3.63) is 35.0 Å². The first-order chi connectivity index (χ1) is 9.39. The van der Waals surface area contributed by atoms with Gasteiger partial charge in [-0.25, -0.2) is 18.4 Å². The van der Waals surface area contributed by atoms with Crippen LogP contribution in [0.15, 0.2) is 29.5 Å². The van der Waals surface area contributed by atoms with E-state index in [0.717, 1.165) is 0 Å². The molecule has 0 aliphatic rings. The van der Waals surface area contributed by atoms with Crippen molar-refractivity contribution in [2.45, 2.75) is 20.4 Å². The molecule has 6 nitrogen and oxygen atoms in total. The first-order valence-corrected chi connectivity index (χ1v) is 8.22. The Bertz CT molecular complexity index is 766. The van der Waals surface area contributed by atoms with E-state index in [0.29, 0.717) is 11.0 Å². The number of pyridine rings is 1. The van der Waals surface area contributed by atoms with Gasteiger partial charge in [0.05, 0.1) is 16.9 Å². The quantitative estimate of drug-likeness (QED) is 0.817. The molecule has 0 aromatic carbocycles. The Morgan fingerprint density at radius 1 is 1.30 bits per heavy atom. The smallest absolute Gasteiger partial charge is 0.262 e. The molecular formula is C13H17N3O3S. The molecule has 2 heterocycles. The van der Waals surface area contributed by atoms with E-state index in [2.05, 4.69) is 9.97 Å². The first kappa shape index (κ1) is 14.6. The standard InChI is InChI=1S/C13H17N3O3S/c1-10(2)8-20(18,19)7-6-16-9-15-12-11(13(16)17)4-3-5-14-12/h3-5,9-10H,6-8H2,1-2H3. The van der Waals surface area contributed by atoms with E-state index in [-0.39, 0.29) is 29.5 Å².